The van der Waals surface area contributed by atoms with E-state index < -0.39 is 0 Å². The van der Waals surface area contributed by atoms with Crippen LogP contribution in [0.2, 0.25) is 0 Å². The maximum atomic E-state index is 13.8. The Morgan fingerprint density at radius 2 is 2.21 bits per heavy atom. The van der Waals surface area contributed by atoms with E-state index in [2.05, 4.69) is 10.1 Å². The minimum Gasteiger partial charge on any atom is -0.493 e. The standard InChI is InChI=1S/C14H20FNO3/c1-10(16-2)12-7-6-11(9-13(12)15)19-8-4-5-14(17)18-3/h6-7,9-10,16H,4-5,8H2,1-3H3. The molecule has 106 valence electrons. The molecule has 1 rings (SSSR count). The van der Waals surface area contributed by atoms with Crippen LogP contribution in [0.4, 0.5) is 4.39 Å². The van der Waals surface area contributed by atoms with E-state index in [1.165, 1.54) is 13.2 Å². The zero-order chi connectivity index (χ0) is 14.3. The molecule has 19 heavy (non-hydrogen) atoms. The number of hydrogen-bond donors (Lipinski definition) is 1. The zero-order valence-electron chi connectivity index (χ0n) is 11.5. The van der Waals surface area contributed by atoms with Crippen molar-refractivity contribution in [3.63, 3.8) is 0 Å². The van der Waals surface area contributed by atoms with E-state index in [1.807, 2.05) is 6.92 Å². The fourth-order valence-corrected chi connectivity index (χ4v) is 1.61. The Morgan fingerprint density at radius 1 is 1.47 bits per heavy atom. The molecular weight excluding hydrogens is 249 g/mol. The second-order valence-corrected chi connectivity index (χ2v) is 4.22. The van der Waals surface area contributed by atoms with E-state index in [1.54, 1.807) is 19.2 Å². The molecule has 4 nitrogen and oxygen atoms in total. The highest BCUT2D eigenvalue weighted by atomic mass is 19.1. The Balaban J connectivity index is 2.48. The van der Waals surface area contributed by atoms with Gasteiger partial charge in [-0.1, -0.05) is 6.07 Å². The summed E-state index contributed by atoms with van der Waals surface area (Å²) in [7, 11) is 3.13. The first kappa shape index (κ1) is 15.4. The van der Waals surface area contributed by atoms with E-state index in [-0.39, 0.29) is 17.8 Å². The predicted molar refractivity (Wildman–Crippen MR) is 70.6 cm³/mol. The lowest BCUT2D eigenvalue weighted by Crippen LogP contribution is -2.14. The Morgan fingerprint density at radius 3 is 2.79 bits per heavy atom. The van der Waals surface area contributed by atoms with Crippen molar-refractivity contribution < 1.29 is 18.7 Å². The molecule has 0 aliphatic carbocycles. The maximum Gasteiger partial charge on any atom is 0.305 e. The highest BCUT2D eigenvalue weighted by molar-refractivity contribution is 5.69. The lowest BCUT2D eigenvalue weighted by atomic mass is 10.1. The first-order valence-corrected chi connectivity index (χ1v) is 6.24. The highest BCUT2D eigenvalue weighted by Crippen LogP contribution is 2.21. The van der Waals surface area contributed by atoms with E-state index in [0.29, 0.717) is 30.8 Å². The van der Waals surface area contributed by atoms with Crippen molar-refractivity contribution in [1.29, 1.82) is 0 Å². The first-order chi connectivity index (χ1) is 9.08. The summed E-state index contributed by atoms with van der Waals surface area (Å²) in [4.78, 5) is 10.9. The van der Waals surface area contributed by atoms with Gasteiger partial charge < -0.3 is 14.8 Å². The molecule has 1 aromatic carbocycles. The number of esters is 1. The quantitative estimate of drug-likeness (QED) is 0.610. The van der Waals surface area contributed by atoms with Crippen LogP contribution in [-0.4, -0.2) is 26.7 Å². The van der Waals surface area contributed by atoms with Gasteiger partial charge in [-0.3, -0.25) is 4.79 Å². The third kappa shape index (κ3) is 4.87. The molecular formula is C14H20FNO3. The van der Waals surface area contributed by atoms with Crippen molar-refractivity contribution in [2.45, 2.75) is 25.8 Å². The Hall–Kier alpha value is -1.62. The number of carbonyl (C=O) groups is 1. The van der Waals surface area contributed by atoms with Crippen LogP contribution in [0.15, 0.2) is 18.2 Å². The number of nitrogens with one attached hydrogen (secondary N) is 1. The van der Waals surface area contributed by atoms with Gasteiger partial charge in [-0.2, -0.15) is 0 Å². The summed E-state index contributed by atoms with van der Waals surface area (Å²) in [6.07, 6.45) is 0.844. The number of ether oxygens (including phenoxy) is 2. The Kier molecular flexibility index (Phi) is 6.29. The monoisotopic (exact) mass is 269 g/mol. The number of carbonyl (C=O) groups excluding carboxylic acids is 1. The molecule has 1 N–H and O–H groups in total. The second-order valence-electron chi connectivity index (χ2n) is 4.22. The molecule has 1 atom stereocenters. The summed E-state index contributed by atoms with van der Waals surface area (Å²) in [5.41, 5.74) is 0.601. The molecule has 5 heteroatoms. The van der Waals surface area contributed by atoms with E-state index in [4.69, 9.17) is 4.74 Å². The van der Waals surface area contributed by atoms with Gasteiger partial charge >= 0.3 is 5.97 Å². The summed E-state index contributed by atoms with van der Waals surface area (Å²) in [5, 5.41) is 2.98. The van der Waals surface area contributed by atoms with E-state index >= 15 is 0 Å². The normalized spacial score (nSPS) is 12.0. The predicted octanol–water partition coefficient (Wildman–Crippen LogP) is 2.44. The number of rotatable bonds is 7. The van der Waals surface area contributed by atoms with Crippen LogP contribution >= 0.6 is 0 Å². The minimum absolute atomic E-state index is 0.0478. The molecule has 1 unspecified atom stereocenters. The molecule has 0 spiro atoms. The number of benzene rings is 1. The molecule has 0 aliphatic rings. The topological polar surface area (TPSA) is 47.6 Å². The largest absolute Gasteiger partial charge is 0.493 e. The fraction of sp³-hybridized carbons (Fsp3) is 0.500. The molecule has 0 bridgehead atoms. The van der Waals surface area contributed by atoms with Crippen LogP contribution in [0.1, 0.15) is 31.4 Å². The van der Waals surface area contributed by atoms with Crippen LogP contribution in [0.5, 0.6) is 5.75 Å². The van der Waals surface area contributed by atoms with Crippen molar-refractivity contribution in [3.05, 3.63) is 29.6 Å². The molecule has 0 fully saturated rings. The average Bonchev–Trinajstić information content (AvgIpc) is 2.42. The van der Waals surface area contributed by atoms with Crippen LogP contribution in [0.3, 0.4) is 0 Å². The van der Waals surface area contributed by atoms with E-state index in [0.717, 1.165) is 0 Å². The van der Waals surface area contributed by atoms with Crippen LogP contribution < -0.4 is 10.1 Å². The Bertz CT molecular complexity index is 423. The molecule has 0 amide bonds. The Labute approximate surface area is 112 Å². The molecule has 1 aromatic rings. The van der Waals surface area contributed by atoms with Gasteiger partial charge in [0.2, 0.25) is 0 Å². The maximum absolute atomic E-state index is 13.8. The summed E-state index contributed by atoms with van der Waals surface area (Å²) >= 11 is 0. The third-order valence-corrected chi connectivity index (χ3v) is 2.89. The van der Waals surface area contributed by atoms with Gasteiger partial charge in [0.1, 0.15) is 11.6 Å². The van der Waals surface area contributed by atoms with Gasteiger partial charge in [0.25, 0.3) is 0 Å². The summed E-state index contributed by atoms with van der Waals surface area (Å²) < 4.78 is 23.7. The van der Waals surface area contributed by atoms with Crippen molar-refractivity contribution >= 4 is 5.97 Å². The zero-order valence-corrected chi connectivity index (χ0v) is 11.5. The highest BCUT2D eigenvalue weighted by Gasteiger charge is 2.10. The van der Waals surface area contributed by atoms with E-state index in [9.17, 15) is 9.18 Å². The van der Waals surface area contributed by atoms with Crippen molar-refractivity contribution in [3.8, 4) is 5.75 Å². The molecule has 0 aliphatic heterocycles. The lowest BCUT2D eigenvalue weighted by molar-refractivity contribution is -0.140. The fourth-order valence-electron chi connectivity index (χ4n) is 1.61. The lowest BCUT2D eigenvalue weighted by Gasteiger charge is -2.13. The van der Waals surface area contributed by atoms with Crippen LogP contribution in [0.25, 0.3) is 0 Å². The van der Waals surface area contributed by atoms with Crippen LogP contribution in [-0.2, 0) is 9.53 Å². The second kappa shape index (κ2) is 7.74. The molecule has 0 radical (unpaired) electrons. The smallest absolute Gasteiger partial charge is 0.305 e. The minimum atomic E-state index is -0.299. The molecule has 0 saturated heterocycles. The van der Waals surface area contributed by atoms with Crippen molar-refractivity contribution in [2.75, 3.05) is 20.8 Å². The van der Waals surface area contributed by atoms with Gasteiger partial charge in [0, 0.05) is 24.1 Å². The summed E-state index contributed by atoms with van der Waals surface area (Å²) in [6.45, 7) is 2.24. The molecule has 0 saturated carbocycles. The SMILES string of the molecule is CNC(C)c1ccc(OCCCC(=O)OC)cc1F. The first-order valence-electron chi connectivity index (χ1n) is 6.24. The van der Waals surface area contributed by atoms with Crippen molar-refractivity contribution in [2.24, 2.45) is 0 Å². The van der Waals surface area contributed by atoms with Gasteiger partial charge in [-0.05, 0) is 26.5 Å². The van der Waals surface area contributed by atoms with Gasteiger partial charge in [-0.15, -0.1) is 0 Å². The number of halogens is 1. The number of hydrogen-bond acceptors (Lipinski definition) is 4. The third-order valence-electron chi connectivity index (χ3n) is 2.89. The van der Waals surface area contributed by atoms with Gasteiger partial charge in [0.15, 0.2) is 0 Å². The van der Waals surface area contributed by atoms with Crippen molar-refractivity contribution in [1.82, 2.24) is 5.32 Å². The summed E-state index contributed by atoms with van der Waals surface area (Å²) in [5.74, 6) is -0.102. The van der Waals surface area contributed by atoms with Gasteiger partial charge in [-0.25, -0.2) is 4.39 Å². The molecule has 0 heterocycles. The van der Waals surface area contributed by atoms with Crippen LogP contribution in [0, 0.1) is 5.82 Å². The van der Waals surface area contributed by atoms with Gasteiger partial charge in [0.05, 0.1) is 13.7 Å². The number of methoxy groups -OCH3 is 1. The average molecular weight is 269 g/mol. The molecule has 0 aromatic heterocycles. The summed E-state index contributed by atoms with van der Waals surface area (Å²) in [6, 6.07) is 4.74.